The van der Waals surface area contributed by atoms with Crippen LogP contribution in [0, 0.1) is 0 Å². The number of hydrogen-bond acceptors (Lipinski definition) is 6. The molecule has 0 atom stereocenters. The van der Waals surface area contributed by atoms with Gasteiger partial charge in [0, 0.05) is 18.9 Å². The fourth-order valence-corrected chi connectivity index (χ4v) is 2.28. The fraction of sp³-hybridized carbons (Fsp3) is 0.385. The molecule has 0 saturated heterocycles. The van der Waals surface area contributed by atoms with E-state index in [4.69, 9.17) is 0 Å². The van der Waals surface area contributed by atoms with E-state index in [9.17, 15) is 4.79 Å². The Kier molecular flexibility index (Phi) is 5.00. The molecular formula is C13H17N5OS. The number of hydrogen-bond donors (Lipinski definition) is 2. The number of carbonyl (C=O) groups excluding carboxylic acids is 1. The van der Waals surface area contributed by atoms with Crippen molar-refractivity contribution >= 4 is 28.1 Å². The molecule has 2 aromatic heterocycles. The highest BCUT2D eigenvalue weighted by Crippen LogP contribution is 2.19. The van der Waals surface area contributed by atoms with Gasteiger partial charge in [-0.2, -0.15) is 0 Å². The highest BCUT2D eigenvalue weighted by molar-refractivity contribution is 7.15. The Morgan fingerprint density at radius 2 is 2.20 bits per heavy atom. The molecule has 0 spiro atoms. The van der Waals surface area contributed by atoms with E-state index >= 15 is 0 Å². The van der Waals surface area contributed by atoms with Gasteiger partial charge >= 0.3 is 0 Å². The van der Waals surface area contributed by atoms with Crippen molar-refractivity contribution in [2.24, 2.45) is 0 Å². The minimum absolute atomic E-state index is 0.226. The highest BCUT2D eigenvalue weighted by atomic mass is 32.1. The summed E-state index contributed by atoms with van der Waals surface area (Å²) in [7, 11) is 0. The minimum atomic E-state index is -0.226. The van der Waals surface area contributed by atoms with Crippen LogP contribution >= 0.6 is 11.3 Å². The van der Waals surface area contributed by atoms with Crippen LogP contribution in [0.1, 0.15) is 35.6 Å². The van der Waals surface area contributed by atoms with Crippen LogP contribution in [0.3, 0.4) is 0 Å². The number of amides is 1. The number of pyridine rings is 1. The molecule has 0 fully saturated rings. The molecule has 0 aromatic carbocycles. The number of anilines is 2. The van der Waals surface area contributed by atoms with Crippen molar-refractivity contribution in [3.8, 4) is 0 Å². The summed E-state index contributed by atoms with van der Waals surface area (Å²) in [6.45, 7) is 4.88. The lowest BCUT2D eigenvalue weighted by atomic mass is 10.2. The summed E-state index contributed by atoms with van der Waals surface area (Å²) in [6, 6.07) is 1.79. The van der Waals surface area contributed by atoms with Gasteiger partial charge < -0.3 is 5.32 Å². The number of aryl methyl sites for hydroxylation is 1. The molecule has 2 heterocycles. The summed E-state index contributed by atoms with van der Waals surface area (Å²) >= 11 is 1.38. The van der Waals surface area contributed by atoms with Gasteiger partial charge in [0.2, 0.25) is 5.13 Å². The van der Waals surface area contributed by atoms with Gasteiger partial charge in [-0.25, -0.2) is 0 Å². The monoisotopic (exact) mass is 291 g/mol. The van der Waals surface area contributed by atoms with Gasteiger partial charge in [0.25, 0.3) is 5.91 Å². The van der Waals surface area contributed by atoms with Gasteiger partial charge in [-0.3, -0.25) is 15.1 Å². The topological polar surface area (TPSA) is 79.8 Å². The Morgan fingerprint density at radius 1 is 1.35 bits per heavy atom. The normalized spacial score (nSPS) is 10.3. The summed E-state index contributed by atoms with van der Waals surface area (Å²) in [6.07, 6.45) is 5.01. The van der Waals surface area contributed by atoms with E-state index in [1.807, 2.05) is 6.92 Å². The fourth-order valence-electron chi connectivity index (χ4n) is 1.60. The van der Waals surface area contributed by atoms with Crippen LogP contribution in [0.15, 0.2) is 18.5 Å². The molecule has 6 nitrogen and oxygen atoms in total. The third-order valence-corrected chi connectivity index (χ3v) is 3.60. The lowest BCUT2D eigenvalue weighted by Crippen LogP contribution is -2.15. The van der Waals surface area contributed by atoms with Gasteiger partial charge in [0.05, 0.1) is 11.3 Å². The van der Waals surface area contributed by atoms with Crippen LogP contribution in [0.4, 0.5) is 10.8 Å². The average Bonchev–Trinajstić information content (AvgIpc) is 2.93. The maximum Gasteiger partial charge on any atom is 0.261 e. The third kappa shape index (κ3) is 3.51. The van der Waals surface area contributed by atoms with Crippen LogP contribution in [0.5, 0.6) is 0 Å². The first-order valence-corrected chi connectivity index (χ1v) is 7.37. The van der Waals surface area contributed by atoms with Crippen LogP contribution in [0.25, 0.3) is 0 Å². The number of nitrogens with one attached hydrogen (secondary N) is 2. The second kappa shape index (κ2) is 6.95. The summed E-state index contributed by atoms with van der Waals surface area (Å²) in [5, 5.41) is 15.3. The molecule has 0 unspecified atom stereocenters. The molecular weight excluding hydrogens is 274 g/mol. The third-order valence-electron chi connectivity index (χ3n) is 2.62. The molecule has 2 rings (SSSR count). The van der Waals surface area contributed by atoms with Crippen molar-refractivity contribution in [3.63, 3.8) is 0 Å². The minimum Gasteiger partial charge on any atom is -0.384 e. The first-order chi connectivity index (χ1) is 9.74. The van der Waals surface area contributed by atoms with Crippen molar-refractivity contribution in [2.45, 2.75) is 26.7 Å². The quantitative estimate of drug-likeness (QED) is 0.855. The van der Waals surface area contributed by atoms with Crippen LogP contribution in [0.2, 0.25) is 0 Å². The molecule has 0 radical (unpaired) electrons. The van der Waals surface area contributed by atoms with Gasteiger partial charge in [-0.15, -0.1) is 10.2 Å². The summed E-state index contributed by atoms with van der Waals surface area (Å²) in [5.74, 6) is -0.226. The van der Waals surface area contributed by atoms with Gasteiger partial charge in [-0.05, 0) is 18.9 Å². The maximum absolute atomic E-state index is 12.2. The number of rotatable bonds is 6. The molecule has 0 bridgehead atoms. The van der Waals surface area contributed by atoms with Gasteiger partial charge in [0.15, 0.2) is 0 Å². The van der Waals surface area contributed by atoms with E-state index in [-0.39, 0.29) is 5.91 Å². The molecule has 0 saturated carbocycles. The van der Waals surface area contributed by atoms with Crippen molar-refractivity contribution < 1.29 is 4.79 Å². The lowest BCUT2D eigenvalue weighted by molar-refractivity contribution is 0.102. The first-order valence-electron chi connectivity index (χ1n) is 6.56. The van der Waals surface area contributed by atoms with Crippen LogP contribution in [-0.4, -0.2) is 27.6 Å². The SMILES string of the molecule is CCCNc1ccncc1C(=O)Nc1nnc(CC)s1. The summed E-state index contributed by atoms with van der Waals surface area (Å²) in [4.78, 5) is 16.2. The largest absolute Gasteiger partial charge is 0.384 e. The number of aromatic nitrogens is 3. The molecule has 0 aliphatic rings. The zero-order valence-electron chi connectivity index (χ0n) is 11.5. The standard InChI is InChI=1S/C13H17N5OS/c1-3-6-15-10-5-7-14-8-9(10)12(19)16-13-18-17-11(4-2)20-13/h5,7-8H,3-4,6H2,1-2H3,(H,14,15)(H,16,18,19). The molecule has 0 aliphatic carbocycles. The van der Waals surface area contributed by atoms with Crippen molar-refractivity contribution in [3.05, 3.63) is 29.0 Å². The number of nitrogens with zero attached hydrogens (tertiary/aromatic N) is 3. The molecule has 2 N–H and O–H groups in total. The predicted molar refractivity (Wildman–Crippen MR) is 80.3 cm³/mol. The Labute approximate surface area is 121 Å². The Hall–Kier alpha value is -2.02. The van der Waals surface area contributed by atoms with Crippen molar-refractivity contribution in [1.29, 1.82) is 0 Å². The van der Waals surface area contributed by atoms with E-state index < -0.39 is 0 Å². The summed E-state index contributed by atoms with van der Waals surface area (Å²) < 4.78 is 0. The van der Waals surface area contributed by atoms with E-state index in [1.165, 1.54) is 11.3 Å². The second-order valence-corrected chi connectivity index (χ2v) is 5.22. The Morgan fingerprint density at radius 3 is 2.90 bits per heavy atom. The molecule has 106 valence electrons. The van der Waals surface area contributed by atoms with Crippen LogP contribution < -0.4 is 10.6 Å². The predicted octanol–water partition coefficient (Wildman–Crippen LogP) is 2.57. The van der Waals surface area contributed by atoms with Crippen molar-refractivity contribution in [1.82, 2.24) is 15.2 Å². The number of carbonyl (C=O) groups is 1. The molecule has 0 aliphatic heterocycles. The van der Waals surface area contributed by atoms with E-state index in [0.29, 0.717) is 10.7 Å². The molecule has 1 amide bonds. The Bertz CT molecular complexity index is 584. The van der Waals surface area contributed by atoms with E-state index in [0.717, 1.165) is 30.1 Å². The Balaban J connectivity index is 2.12. The second-order valence-electron chi connectivity index (χ2n) is 4.16. The van der Waals surface area contributed by atoms with E-state index in [1.54, 1.807) is 18.5 Å². The van der Waals surface area contributed by atoms with Crippen LogP contribution in [-0.2, 0) is 6.42 Å². The summed E-state index contributed by atoms with van der Waals surface area (Å²) in [5.41, 5.74) is 1.29. The molecule has 2 aromatic rings. The average molecular weight is 291 g/mol. The lowest BCUT2D eigenvalue weighted by Gasteiger charge is -2.09. The zero-order valence-corrected chi connectivity index (χ0v) is 12.3. The highest BCUT2D eigenvalue weighted by Gasteiger charge is 2.13. The van der Waals surface area contributed by atoms with Gasteiger partial charge in [0.1, 0.15) is 5.01 Å². The molecule has 7 heteroatoms. The molecule has 20 heavy (non-hydrogen) atoms. The van der Waals surface area contributed by atoms with Gasteiger partial charge in [-0.1, -0.05) is 25.2 Å². The smallest absolute Gasteiger partial charge is 0.261 e. The first kappa shape index (κ1) is 14.4. The van der Waals surface area contributed by atoms with Crippen molar-refractivity contribution in [2.75, 3.05) is 17.2 Å². The van der Waals surface area contributed by atoms with E-state index in [2.05, 4.69) is 32.7 Å². The zero-order chi connectivity index (χ0) is 14.4. The maximum atomic E-state index is 12.2.